The molecule has 1 aliphatic carbocycles. The molecule has 2 N–H and O–H groups in total. The highest BCUT2D eigenvalue weighted by atomic mass is 32.2. The van der Waals surface area contributed by atoms with E-state index in [1.165, 1.54) is 12.8 Å². The summed E-state index contributed by atoms with van der Waals surface area (Å²) in [5.41, 5.74) is 7.70. The third-order valence-electron chi connectivity index (χ3n) is 5.16. The van der Waals surface area contributed by atoms with E-state index in [-0.39, 0.29) is 6.04 Å². The van der Waals surface area contributed by atoms with E-state index >= 15 is 0 Å². The van der Waals surface area contributed by atoms with Crippen molar-refractivity contribution in [3.63, 3.8) is 0 Å². The van der Waals surface area contributed by atoms with Crippen LogP contribution in [0.15, 0.2) is 41.6 Å². The predicted molar refractivity (Wildman–Crippen MR) is 91.2 cm³/mol. The molecule has 4 rings (SSSR count). The second-order valence-electron chi connectivity index (χ2n) is 6.89. The minimum Gasteiger partial charge on any atom is -0.326 e. The van der Waals surface area contributed by atoms with Crippen LogP contribution in [0.25, 0.3) is 5.69 Å². The number of rotatable bonds is 4. The summed E-state index contributed by atoms with van der Waals surface area (Å²) in [7, 11) is -3.54. The van der Waals surface area contributed by atoms with E-state index in [0.717, 1.165) is 11.3 Å². The third-order valence-corrected chi connectivity index (χ3v) is 7.14. The molecule has 24 heavy (non-hydrogen) atoms. The minimum atomic E-state index is -3.54. The Morgan fingerprint density at radius 3 is 2.71 bits per heavy atom. The average Bonchev–Trinajstić information content (AvgIpc) is 3.08. The van der Waals surface area contributed by atoms with E-state index in [0.29, 0.717) is 29.8 Å². The van der Waals surface area contributed by atoms with Crippen molar-refractivity contribution in [2.24, 2.45) is 17.6 Å². The van der Waals surface area contributed by atoms with Gasteiger partial charge in [0, 0.05) is 31.5 Å². The second kappa shape index (κ2) is 5.68. The van der Waals surface area contributed by atoms with Gasteiger partial charge in [0.25, 0.3) is 0 Å². The molecule has 1 aliphatic heterocycles. The van der Waals surface area contributed by atoms with Crippen molar-refractivity contribution in [2.75, 3.05) is 13.1 Å². The summed E-state index contributed by atoms with van der Waals surface area (Å²) in [5, 5.41) is 4.18. The van der Waals surface area contributed by atoms with Gasteiger partial charge in [-0.3, -0.25) is 0 Å². The first kappa shape index (κ1) is 15.8. The van der Waals surface area contributed by atoms with Gasteiger partial charge in [0.15, 0.2) is 0 Å². The summed E-state index contributed by atoms with van der Waals surface area (Å²) in [6, 6.07) is 7.17. The third kappa shape index (κ3) is 2.66. The number of benzene rings is 1. The van der Waals surface area contributed by atoms with Crippen molar-refractivity contribution in [1.29, 1.82) is 0 Å². The van der Waals surface area contributed by atoms with Gasteiger partial charge >= 0.3 is 0 Å². The number of hydrogen-bond acceptors (Lipinski definition) is 4. The number of sulfonamides is 1. The van der Waals surface area contributed by atoms with Gasteiger partial charge in [0.2, 0.25) is 10.0 Å². The second-order valence-corrected chi connectivity index (χ2v) is 8.79. The number of aryl methyl sites for hydroxylation is 1. The summed E-state index contributed by atoms with van der Waals surface area (Å²) in [6.07, 6.45) is 5.84. The molecule has 1 aromatic carbocycles. The van der Waals surface area contributed by atoms with Gasteiger partial charge in [0.1, 0.15) is 0 Å². The molecule has 0 radical (unpaired) electrons. The fourth-order valence-corrected chi connectivity index (χ4v) is 5.36. The summed E-state index contributed by atoms with van der Waals surface area (Å²) in [6.45, 7) is 2.78. The molecule has 6 nitrogen and oxygen atoms in total. The molecule has 128 valence electrons. The molecule has 2 heterocycles. The Bertz CT molecular complexity index is 843. The SMILES string of the molecule is Cc1ccc(-n2cccn2)cc1S(=O)(=O)N1C[C@H](C2CC2)[C@@H](N)C1. The maximum atomic E-state index is 13.2. The highest BCUT2D eigenvalue weighted by molar-refractivity contribution is 7.89. The molecule has 2 atom stereocenters. The van der Waals surface area contributed by atoms with Gasteiger partial charge in [-0.25, -0.2) is 13.1 Å². The maximum absolute atomic E-state index is 13.2. The van der Waals surface area contributed by atoms with Crippen LogP contribution in [-0.4, -0.2) is 41.6 Å². The Morgan fingerprint density at radius 1 is 1.25 bits per heavy atom. The van der Waals surface area contributed by atoms with Crippen LogP contribution in [0, 0.1) is 18.8 Å². The van der Waals surface area contributed by atoms with Crippen molar-refractivity contribution in [2.45, 2.75) is 30.7 Å². The van der Waals surface area contributed by atoms with E-state index < -0.39 is 10.0 Å². The summed E-state index contributed by atoms with van der Waals surface area (Å²) in [5.74, 6) is 0.908. The van der Waals surface area contributed by atoms with Crippen LogP contribution in [0.1, 0.15) is 18.4 Å². The van der Waals surface area contributed by atoms with Crippen LogP contribution in [0.5, 0.6) is 0 Å². The van der Waals surface area contributed by atoms with Gasteiger partial charge in [-0.2, -0.15) is 9.40 Å². The zero-order valence-corrected chi connectivity index (χ0v) is 14.5. The molecular weight excluding hydrogens is 324 g/mol. The Morgan fingerprint density at radius 2 is 2.04 bits per heavy atom. The van der Waals surface area contributed by atoms with Crippen molar-refractivity contribution >= 4 is 10.0 Å². The lowest BCUT2D eigenvalue weighted by Gasteiger charge is -2.18. The molecule has 0 amide bonds. The number of nitrogens with zero attached hydrogens (tertiary/aromatic N) is 3. The van der Waals surface area contributed by atoms with Gasteiger partial charge in [-0.1, -0.05) is 6.07 Å². The Hall–Kier alpha value is -1.70. The van der Waals surface area contributed by atoms with Crippen molar-refractivity contribution < 1.29 is 8.42 Å². The average molecular weight is 346 g/mol. The number of nitrogens with two attached hydrogens (primary N) is 1. The quantitative estimate of drug-likeness (QED) is 0.910. The Kier molecular flexibility index (Phi) is 3.74. The van der Waals surface area contributed by atoms with Crippen LogP contribution in [-0.2, 0) is 10.0 Å². The normalized spacial score (nSPS) is 25.2. The Balaban J connectivity index is 1.68. The van der Waals surface area contributed by atoms with E-state index in [2.05, 4.69) is 5.10 Å². The van der Waals surface area contributed by atoms with E-state index in [9.17, 15) is 8.42 Å². The lowest BCUT2D eigenvalue weighted by atomic mass is 9.99. The maximum Gasteiger partial charge on any atom is 0.243 e. The lowest BCUT2D eigenvalue weighted by Crippen LogP contribution is -2.33. The van der Waals surface area contributed by atoms with Gasteiger partial charge in [-0.15, -0.1) is 0 Å². The zero-order chi connectivity index (χ0) is 16.9. The molecule has 1 aromatic heterocycles. The van der Waals surface area contributed by atoms with Gasteiger partial charge in [-0.05, 0) is 55.4 Å². The fourth-order valence-electron chi connectivity index (χ4n) is 3.60. The highest BCUT2D eigenvalue weighted by Gasteiger charge is 2.44. The first-order chi connectivity index (χ1) is 11.5. The first-order valence-corrected chi connectivity index (χ1v) is 9.77. The van der Waals surface area contributed by atoms with Gasteiger partial charge < -0.3 is 5.73 Å². The molecule has 2 aliphatic rings. The number of aromatic nitrogens is 2. The summed E-state index contributed by atoms with van der Waals surface area (Å²) in [4.78, 5) is 0.346. The molecular formula is C17H22N4O2S. The zero-order valence-electron chi connectivity index (χ0n) is 13.7. The lowest BCUT2D eigenvalue weighted by molar-refractivity contribution is 0.427. The number of hydrogen-bond donors (Lipinski definition) is 1. The van der Waals surface area contributed by atoms with Crippen LogP contribution in [0.2, 0.25) is 0 Å². The predicted octanol–water partition coefficient (Wildman–Crippen LogP) is 1.54. The first-order valence-electron chi connectivity index (χ1n) is 8.33. The van der Waals surface area contributed by atoms with Crippen LogP contribution >= 0.6 is 0 Å². The van der Waals surface area contributed by atoms with Crippen LogP contribution < -0.4 is 5.73 Å². The molecule has 2 aromatic rings. The molecule has 1 saturated carbocycles. The van der Waals surface area contributed by atoms with Crippen molar-refractivity contribution in [3.05, 3.63) is 42.2 Å². The molecule has 1 saturated heterocycles. The topological polar surface area (TPSA) is 81.2 Å². The molecule has 0 spiro atoms. The summed E-state index contributed by atoms with van der Waals surface area (Å²) >= 11 is 0. The molecule has 2 fully saturated rings. The van der Waals surface area contributed by atoms with Crippen LogP contribution in [0.4, 0.5) is 0 Å². The molecule has 7 heteroatoms. The van der Waals surface area contributed by atoms with Crippen LogP contribution in [0.3, 0.4) is 0 Å². The smallest absolute Gasteiger partial charge is 0.243 e. The molecule has 0 unspecified atom stereocenters. The standard InChI is InChI=1S/C17H22N4O2S/c1-12-3-6-14(21-8-2-7-19-21)9-17(12)24(22,23)20-10-15(13-4-5-13)16(18)11-20/h2-3,6-9,13,15-16H,4-5,10-11,18H2,1H3/t15-,16+/m1/s1. The fraction of sp³-hybridized carbons (Fsp3) is 0.471. The monoisotopic (exact) mass is 346 g/mol. The van der Waals surface area contributed by atoms with E-state index in [1.54, 1.807) is 27.4 Å². The van der Waals surface area contributed by atoms with Crippen molar-refractivity contribution in [3.8, 4) is 5.69 Å². The summed E-state index contributed by atoms with van der Waals surface area (Å²) < 4.78 is 29.5. The highest BCUT2D eigenvalue weighted by Crippen LogP contribution is 2.42. The Labute approximate surface area is 142 Å². The van der Waals surface area contributed by atoms with Crippen molar-refractivity contribution in [1.82, 2.24) is 14.1 Å². The largest absolute Gasteiger partial charge is 0.326 e. The molecule has 0 bridgehead atoms. The van der Waals surface area contributed by atoms with Gasteiger partial charge in [0.05, 0.1) is 10.6 Å². The minimum absolute atomic E-state index is 0.0538. The van der Waals surface area contributed by atoms with E-state index in [1.807, 2.05) is 25.1 Å². The van der Waals surface area contributed by atoms with E-state index in [4.69, 9.17) is 5.73 Å².